The third-order valence-electron chi connectivity index (χ3n) is 2.92. The molecule has 3 aromatic rings. The summed E-state index contributed by atoms with van der Waals surface area (Å²) in [5.41, 5.74) is 0.605. The van der Waals surface area contributed by atoms with Gasteiger partial charge in [0.05, 0.1) is 9.13 Å². The number of aromatic nitrogens is 4. The molecular weight excluding hydrogens is 514 g/mol. The van der Waals surface area contributed by atoms with Gasteiger partial charge in [-0.2, -0.15) is 9.61 Å². The topological polar surface area (TPSA) is 63.3 Å². The highest BCUT2D eigenvalue weighted by atomic mass is 127. The summed E-state index contributed by atoms with van der Waals surface area (Å²) < 4.78 is 3.65. The number of fused-ring (bicyclic) bond motifs is 1. The molecule has 2 heterocycles. The van der Waals surface area contributed by atoms with Gasteiger partial charge < -0.3 is 5.11 Å². The van der Waals surface area contributed by atoms with Crippen molar-refractivity contribution in [3.8, 4) is 16.3 Å². The van der Waals surface area contributed by atoms with E-state index in [-0.39, 0.29) is 11.2 Å². The largest absolute Gasteiger partial charge is 0.506 e. The van der Waals surface area contributed by atoms with E-state index in [4.69, 9.17) is 0 Å². The maximum Gasteiger partial charge on any atom is 0.235 e. The van der Waals surface area contributed by atoms with Crippen LogP contribution in [-0.4, -0.2) is 24.9 Å². The molecule has 110 valence electrons. The lowest BCUT2D eigenvalue weighted by atomic mass is 9.96. The Morgan fingerprint density at radius 1 is 1.19 bits per heavy atom. The molecule has 1 aromatic carbocycles. The van der Waals surface area contributed by atoms with Crippen LogP contribution in [-0.2, 0) is 5.41 Å². The van der Waals surface area contributed by atoms with Gasteiger partial charge in [-0.25, -0.2) is 0 Å². The van der Waals surface area contributed by atoms with Crippen molar-refractivity contribution in [2.24, 2.45) is 0 Å². The van der Waals surface area contributed by atoms with Crippen molar-refractivity contribution < 1.29 is 5.11 Å². The zero-order valence-electron chi connectivity index (χ0n) is 11.6. The molecule has 0 spiro atoms. The molecule has 2 aromatic heterocycles. The van der Waals surface area contributed by atoms with Crippen LogP contribution in [0.1, 0.15) is 26.6 Å². The standard InChI is InChI=1S/C13H12I2N4OS/c1-13(2,3)11-16-17-12-19(11)18-10(21-12)7-4-6(14)5-8(15)9(7)20/h4-5,20H,1-3H3. The molecule has 0 fully saturated rings. The Morgan fingerprint density at radius 3 is 2.57 bits per heavy atom. The van der Waals surface area contributed by atoms with Crippen molar-refractivity contribution in [1.29, 1.82) is 0 Å². The molecule has 8 heteroatoms. The molecule has 0 radical (unpaired) electrons. The smallest absolute Gasteiger partial charge is 0.235 e. The third-order valence-corrected chi connectivity index (χ3v) is 5.30. The van der Waals surface area contributed by atoms with Gasteiger partial charge in [0.1, 0.15) is 5.75 Å². The first-order chi connectivity index (χ1) is 9.77. The zero-order valence-corrected chi connectivity index (χ0v) is 16.7. The lowest BCUT2D eigenvalue weighted by Gasteiger charge is -2.13. The number of halogens is 2. The number of nitrogens with zero attached hydrogens (tertiary/aromatic N) is 4. The van der Waals surface area contributed by atoms with Crippen LogP contribution >= 0.6 is 56.5 Å². The Labute approximate surface area is 153 Å². The van der Waals surface area contributed by atoms with Crippen molar-refractivity contribution >= 4 is 61.5 Å². The molecule has 0 aliphatic rings. The number of hydrogen-bond acceptors (Lipinski definition) is 5. The second-order valence-corrected chi connectivity index (χ2v) is 9.02. The first kappa shape index (κ1) is 15.4. The summed E-state index contributed by atoms with van der Waals surface area (Å²) in [5.74, 6) is 1.08. The molecule has 3 rings (SSSR count). The molecule has 0 aliphatic heterocycles. The molecule has 0 unspecified atom stereocenters. The van der Waals surface area contributed by atoms with E-state index in [1.165, 1.54) is 11.3 Å². The van der Waals surface area contributed by atoms with Gasteiger partial charge in [0.25, 0.3) is 0 Å². The van der Waals surface area contributed by atoms with Crippen molar-refractivity contribution in [2.45, 2.75) is 26.2 Å². The summed E-state index contributed by atoms with van der Waals surface area (Å²) in [6.07, 6.45) is 0. The number of phenolic OH excluding ortho intramolecular Hbond substituents is 1. The van der Waals surface area contributed by atoms with Crippen LogP contribution in [0.4, 0.5) is 0 Å². The van der Waals surface area contributed by atoms with Crippen LogP contribution in [0.5, 0.6) is 5.75 Å². The summed E-state index contributed by atoms with van der Waals surface area (Å²) in [6.45, 7) is 6.23. The van der Waals surface area contributed by atoms with Gasteiger partial charge in [-0.3, -0.25) is 0 Å². The normalized spacial score (nSPS) is 12.2. The summed E-state index contributed by atoms with van der Waals surface area (Å²) in [7, 11) is 0. The van der Waals surface area contributed by atoms with E-state index in [0.717, 1.165) is 28.5 Å². The fourth-order valence-electron chi connectivity index (χ4n) is 1.92. The maximum absolute atomic E-state index is 10.3. The minimum atomic E-state index is -0.133. The third kappa shape index (κ3) is 2.77. The summed E-state index contributed by atoms with van der Waals surface area (Å²) in [5, 5.41) is 24.0. The van der Waals surface area contributed by atoms with E-state index in [1.807, 2.05) is 12.1 Å². The summed E-state index contributed by atoms with van der Waals surface area (Å²) in [4.78, 5) is 0.739. The van der Waals surface area contributed by atoms with E-state index >= 15 is 0 Å². The van der Waals surface area contributed by atoms with Crippen molar-refractivity contribution in [1.82, 2.24) is 19.8 Å². The van der Waals surface area contributed by atoms with Crippen LogP contribution in [0.25, 0.3) is 15.5 Å². The molecule has 0 atom stereocenters. The molecule has 0 aliphatic carbocycles. The second kappa shape index (κ2) is 5.30. The molecule has 0 amide bonds. The number of phenols is 1. The van der Waals surface area contributed by atoms with E-state index < -0.39 is 0 Å². The van der Waals surface area contributed by atoms with Crippen molar-refractivity contribution in [3.63, 3.8) is 0 Å². The van der Waals surface area contributed by atoms with Gasteiger partial charge in [-0.05, 0) is 57.3 Å². The van der Waals surface area contributed by atoms with Crippen molar-refractivity contribution in [3.05, 3.63) is 25.1 Å². The van der Waals surface area contributed by atoms with Gasteiger partial charge in [0.15, 0.2) is 10.8 Å². The predicted molar refractivity (Wildman–Crippen MR) is 99.9 cm³/mol. The lowest BCUT2D eigenvalue weighted by Crippen LogP contribution is -2.16. The van der Waals surface area contributed by atoms with Gasteiger partial charge in [-0.15, -0.1) is 10.2 Å². The number of benzene rings is 1. The van der Waals surface area contributed by atoms with Crippen LogP contribution in [0, 0.1) is 7.14 Å². The summed E-state index contributed by atoms with van der Waals surface area (Å²) in [6, 6.07) is 3.86. The first-order valence-electron chi connectivity index (χ1n) is 6.18. The van der Waals surface area contributed by atoms with Crippen LogP contribution in [0.15, 0.2) is 12.1 Å². The van der Waals surface area contributed by atoms with E-state index in [0.29, 0.717) is 0 Å². The second-order valence-electron chi connectivity index (χ2n) is 5.66. The van der Waals surface area contributed by atoms with E-state index in [1.54, 1.807) is 4.52 Å². The van der Waals surface area contributed by atoms with Gasteiger partial charge in [0, 0.05) is 8.99 Å². The van der Waals surface area contributed by atoms with Crippen molar-refractivity contribution in [2.75, 3.05) is 0 Å². The van der Waals surface area contributed by atoms with Gasteiger partial charge in [0.2, 0.25) is 4.96 Å². The minimum Gasteiger partial charge on any atom is -0.506 e. The number of aromatic hydroxyl groups is 1. The molecule has 0 saturated carbocycles. The van der Waals surface area contributed by atoms with E-state index in [9.17, 15) is 5.11 Å². The fourth-order valence-corrected chi connectivity index (χ4v) is 4.62. The Morgan fingerprint density at radius 2 is 1.90 bits per heavy atom. The Balaban J connectivity index is 2.21. The average molecular weight is 526 g/mol. The minimum absolute atomic E-state index is 0.133. The van der Waals surface area contributed by atoms with Crippen LogP contribution in [0.3, 0.4) is 0 Å². The Hall–Kier alpha value is -0.490. The van der Waals surface area contributed by atoms with Crippen LogP contribution < -0.4 is 0 Å². The van der Waals surface area contributed by atoms with E-state index in [2.05, 4.69) is 81.2 Å². The highest BCUT2D eigenvalue weighted by Crippen LogP contribution is 2.37. The molecule has 5 nitrogen and oxygen atoms in total. The zero-order chi connectivity index (χ0) is 15.4. The molecule has 0 bridgehead atoms. The Bertz CT molecular complexity index is 835. The monoisotopic (exact) mass is 526 g/mol. The SMILES string of the molecule is CC(C)(C)c1nnc2sc(-c3cc(I)cc(I)c3O)nn12. The molecule has 1 N–H and O–H groups in total. The summed E-state index contributed by atoms with van der Waals surface area (Å²) >= 11 is 5.79. The Kier molecular flexibility index (Phi) is 3.89. The number of hydrogen-bond donors (Lipinski definition) is 1. The highest BCUT2D eigenvalue weighted by molar-refractivity contribution is 14.1. The average Bonchev–Trinajstić information content (AvgIpc) is 2.91. The number of rotatable bonds is 1. The highest BCUT2D eigenvalue weighted by Gasteiger charge is 2.24. The fraction of sp³-hybridized carbons (Fsp3) is 0.308. The molecule has 21 heavy (non-hydrogen) atoms. The van der Waals surface area contributed by atoms with Gasteiger partial charge >= 0.3 is 0 Å². The predicted octanol–water partition coefficient (Wildman–Crippen LogP) is 4.07. The first-order valence-corrected chi connectivity index (χ1v) is 9.16. The quantitative estimate of drug-likeness (QED) is 0.487. The lowest BCUT2D eigenvalue weighted by molar-refractivity contribution is 0.473. The van der Waals surface area contributed by atoms with Crippen LogP contribution in [0.2, 0.25) is 0 Å². The maximum atomic E-state index is 10.3. The molecular formula is C13H12I2N4OS. The van der Waals surface area contributed by atoms with Gasteiger partial charge in [-0.1, -0.05) is 32.1 Å². The molecule has 0 saturated heterocycles.